The molecule has 0 saturated carbocycles. The van der Waals surface area contributed by atoms with Gasteiger partial charge in [-0.3, -0.25) is 0 Å². The van der Waals surface area contributed by atoms with Crippen molar-refractivity contribution in [1.29, 1.82) is 0 Å². The van der Waals surface area contributed by atoms with E-state index in [1.54, 1.807) is 6.07 Å². The highest BCUT2D eigenvalue weighted by Crippen LogP contribution is 2.25. The summed E-state index contributed by atoms with van der Waals surface area (Å²) >= 11 is 5.74. The van der Waals surface area contributed by atoms with Crippen LogP contribution in [-0.4, -0.2) is 17.2 Å². The average molecular weight is 184 g/mol. The molecule has 1 aliphatic heterocycles. The molecule has 2 N–H and O–H groups in total. The number of fused-ring (bicyclic) bond motifs is 1. The van der Waals surface area contributed by atoms with Gasteiger partial charge in [0.1, 0.15) is 5.75 Å². The summed E-state index contributed by atoms with van der Waals surface area (Å²) in [6.45, 7) is 0.344. The largest absolute Gasteiger partial charge is 0.506 e. The topological polar surface area (TPSA) is 49.7 Å². The molecular weight excluding hydrogens is 178 g/mol. The van der Waals surface area contributed by atoms with Gasteiger partial charge in [-0.25, -0.2) is 0 Å². The molecule has 2 rings (SSSR count). The van der Waals surface area contributed by atoms with Gasteiger partial charge in [0.15, 0.2) is 0 Å². The smallest absolute Gasteiger partial charge is 0.493 e. The minimum absolute atomic E-state index is 0.0278. The SMILES string of the molecule is OB1OCc2ccc(O)c(Cl)c21. The Morgan fingerprint density at radius 1 is 1.50 bits per heavy atom. The molecule has 62 valence electrons. The lowest BCUT2D eigenvalue weighted by Crippen LogP contribution is -2.28. The van der Waals surface area contributed by atoms with Gasteiger partial charge in [0.25, 0.3) is 0 Å². The van der Waals surface area contributed by atoms with Crippen LogP contribution >= 0.6 is 11.6 Å². The molecular formula is C7H6BClO3. The molecule has 1 aromatic carbocycles. The first-order chi connectivity index (χ1) is 5.70. The van der Waals surface area contributed by atoms with Gasteiger partial charge in [0, 0.05) is 5.46 Å². The summed E-state index contributed by atoms with van der Waals surface area (Å²) in [5.74, 6) is -0.0278. The molecule has 0 aromatic heterocycles. The second-order valence-electron chi connectivity index (χ2n) is 2.63. The lowest BCUT2D eigenvalue weighted by atomic mass is 9.79. The molecule has 0 fully saturated rings. The Kier molecular flexibility index (Phi) is 1.75. The van der Waals surface area contributed by atoms with Crippen LogP contribution < -0.4 is 5.46 Å². The van der Waals surface area contributed by atoms with Gasteiger partial charge in [-0.2, -0.15) is 0 Å². The standard InChI is InChI=1S/C7H6BClO3/c9-7-5(10)2-1-4-3-12-8(11)6(4)7/h1-2,10-11H,3H2. The van der Waals surface area contributed by atoms with Crippen LogP contribution in [0, 0.1) is 0 Å². The highest BCUT2D eigenvalue weighted by molar-refractivity contribution is 6.65. The maximum absolute atomic E-state index is 9.27. The number of hydrogen-bond donors (Lipinski definition) is 2. The average Bonchev–Trinajstić information content (AvgIpc) is 2.41. The zero-order chi connectivity index (χ0) is 8.72. The summed E-state index contributed by atoms with van der Waals surface area (Å²) in [5, 5.41) is 18.6. The van der Waals surface area contributed by atoms with Crippen molar-refractivity contribution in [1.82, 2.24) is 0 Å². The predicted octanol–water partition coefficient (Wildman–Crippen LogP) is 0.263. The minimum Gasteiger partial charge on any atom is -0.506 e. The van der Waals surface area contributed by atoms with Gasteiger partial charge in [0.05, 0.1) is 11.6 Å². The summed E-state index contributed by atoms with van der Waals surface area (Å²) in [4.78, 5) is 0. The molecule has 0 atom stereocenters. The number of phenolic OH excluding ortho intramolecular Hbond substituents is 1. The van der Waals surface area contributed by atoms with Crippen molar-refractivity contribution in [3.8, 4) is 5.75 Å². The molecule has 0 radical (unpaired) electrons. The maximum atomic E-state index is 9.27. The molecule has 0 bridgehead atoms. The normalized spacial score (nSPS) is 15.0. The van der Waals surface area contributed by atoms with Crippen molar-refractivity contribution in [3.05, 3.63) is 22.7 Å². The van der Waals surface area contributed by atoms with Crippen molar-refractivity contribution >= 4 is 24.2 Å². The number of halogens is 1. The third-order valence-corrected chi connectivity index (χ3v) is 2.29. The van der Waals surface area contributed by atoms with Crippen LogP contribution in [0.5, 0.6) is 5.75 Å². The Bertz CT molecular complexity index is 329. The Morgan fingerprint density at radius 2 is 2.25 bits per heavy atom. The molecule has 1 heterocycles. The number of benzene rings is 1. The fourth-order valence-corrected chi connectivity index (χ4v) is 1.54. The van der Waals surface area contributed by atoms with E-state index in [-0.39, 0.29) is 10.8 Å². The molecule has 1 aromatic rings. The third kappa shape index (κ3) is 1.000. The van der Waals surface area contributed by atoms with Crippen LogP contribution in [0.1, 0.15) is 5.56 Å². The van der Waals surface area contributed by atoms with Crippen molar-refractivity contribution < 1.29 is 14.8 Å². The van der Waals surface area contributed by atoms with Crippen LogP contribution in [0.3, 0.4) is 0 Å². The van der Waals surface area contributed by atoms with Crippen LogP contribution in [0.25, 0.3) is 0 Å². The monoisotopic (exact) mass is 184 g/mol. The number of aromatic hydroxyl groups is 1. The molecule has 5 heteroatoms. The molecule has 1 aliphatic rings. The van der Waals surface area contributed by atoms with E-state index >= 15 is 0 Å². The Hall–Kier alpha value is -0.705. The van der Waals surface area contributed by atoms with Crippen molar-refractivity contribution in [2.24, 2.45) is 0 Å². The van der Waals surface area contributed by atoms with E-state index in [1.807, 2.05) is 0 Å². The molecule has 0 spiro atoms. The van der Waals surface area contributed by atoms with Gasteiger partial charge < -0.3 is 14.8 Å². The van der Waals surface area contributed by atoms with E-state index in [9.17, 15) is 10.1 Å². The summed E-state index contributed by atoms with van der Waals surface area (Å²) in [6, 6.07) is 3.18. The number of phenols is 1. The first-order valence-electron chi connectivity index (χ1n) is 3.50. The second-order valence-corrected chi connectivity index (χ2v) is 3.01. The van der Waals surface area contributed by atoms with Crippen molar-refractivity contribution in [3.63, 3.8) is 0 Å². The number of hydrogen-bond acceptors (Lipinski definition) is 3. The summed E-state index contributed by atoms with van der Waals surface area (Å²) in [7, 11) is -1.00. The Balaban J connectivity index is 2.63. The molecule has 12 heavy (non-hydrogen) atoms. The van der Waals surface area contributed by atoms with E-state index in [1.165, 1.54) is 6.07 Å². The minimum atomic E-state index is -1.00. The predicted molar refractivity (Wildman–Crippen MR) is 45.5 cm³/mol. The van der Waals surface area contributed by atoms with Gasteiger partial charge in [-0.05, 0) is 11.6 Å². The van der Waals surface area contributed by atoms with Crippen LogP contribution in [0.4, 0.5) is 0 Å². The number of rotatable bonds is 0. The maximum Gasteiger partial charge on any atom is 0.493 e. The van der Waals surface area contributed by atoms with E-state index in [2.05, 4.69) is 0 Å². The highest BCUT2D eigenvalue weighted by Gasteiger charge is 2.30. The molecule has 0 unspecified atom stereocenters. The van der Waals surface area contributed by atoms with Crippen LogP contribution in [0.15, 0.2) is 12.1 Å². The van der Waals surface area contributed by atoms with Gasteiger partial charge >= 0.3 is 7.12 Å². The lowest BCUT2D eigenvalue weighted by Gasteiger charge is -2.02. The summed E-state index contributed by atoms with van der Waals surface area (Å²) < 4.78 is 4.92. The first-order valence-corrected chi connectivity index (χ1v) is 3.88. The van der Waals surface area contributed by atoms with Crippen LogP contribution in [-0.2, 0) is 11.3 Å². The molecule has 0 aliphatic carbocycles. The van der Waals surface area contributed by atoms with E-state index in [4.69, 9.17) is 16.3 Å². The van der Waals surface area contributed by atoms with E-state index in [0.29, 0.717) is 12.1 Å². The van der Waals surface area contributed by atoms with E-state index < -0.39 is 7.12 Å². The van der Waals surface area contributed by atoms with Gasteiger partial charge in [0.2, 0.25) is 0 Å². The summed E-state index contributed by atoms with van der Waals surface area (Å²) in [6.07, 6.45) is 0. The molecule has 0 saturated heterocycles. The van der Waals surface area contributed by atoms with Gasteiger partial charge in [-0.15, -0.1) is 0 Å². The molecule has 0 amide bonds. The highest BCUT2D eigenvalue weighted by atomic mass is 35.5. The van der Waals surface area contributed by atoms with E-state index in [0.717, 1.165) is 5.56 Å². The summed E-state index contributed by atoms with van der Waals surface area (Å²) in [5.41, 5.74) is 1.31. The quantitative estimate of drug-likeness (QED) is 0.569. The zero-order valence-electron chi connectivity index (χ0n) is 6.12. The fourth-order valence-electron chi connectivity index (χ4n) is 1.27. The second kappa shape index (κ2) is 2.66. The third-order valence-electron chi connectivity index (χ3n) is 1.89. The first kappa shape index (κ1) is 7.92. The Morgan fingerprint density at radius 3 is 3.00 bits per heavy atom. The van der Waals surface area contributed by atoms with Crippen molar-refractivity contribution in [2.45, 2.75) is 6.61 Å². The Labute approximate surface area is 74.7 Å². The lowest BCUT2D eigenvalue weighted by molar-refractivity contribution is 0.275. The molecule has 3 nitrogen and oxygen atoms in total. The van der Waals surface area contributed by atoms with Gasteiger partial charge in [-0.1, -0.05) is 17.7 Å². The fraction of sp³-hybridized carbons (Fsp3) is 0.143. The van der Waals surface area contributed by atoms with Crippen LogP contribution in [0.2, 0.25) is 5.02 Å². The zero-order valence-corrected chi connectivity index (χ0v) is 6.88. The van der Waals surface area contributed by atoms with Crippen molar-refractivity contribution in [2.75, 3.05) is 0 Å².